The van der Waals surface area contributed by atoms with Crippen molar-refractivity contribution in [2.75, 3.05) is 13.2 Å². The van der Waals surface area contributed by atoms with E-state index in [-0.39, 0.29) is 17.6 Å². The standard InChI is InChI=1S/C42H54O6/c1-6-8-9-10-31-11-13-32(14-12-31)15-16-33-23-25-42(26-24-33,35-17-20-37(21-18-35)47-40(46)41(4,5)29-44)36-19-22-38(34(7-2)27-36)48-39(45)30(3)28-43/h11-14,17-22,27,33,43-44H,3,6-10,15-16,23-26,28-29H2,1-2,4-5H3. The summed E-state index contributed by atoms with van der Waals surface area (Å²) < 4.78 is 11.2. The summed E-state index contributed by atoms with van der Waals surface area (Å²) in [6, 6.07) is 23.1. The Hall–Kier alpha value is -3.74. The number of aryl methyl sites for hydroxylation is 3. The number of carbonyl (C=O) groups is 2. The predicted octanol–water partition coefficient (Wildman–Crippen LogP) is 8.47. The lowest BCUT2D eigenvalue weighted by molar-refractivity contribution is -0.146. The van der Waals surface area contributed by atoms with Gasteiger partial charge in [-0.15, -0.1) is 0 Å². The van der Waals surface area contributed by atoms with Gasteiger partial charge in [0, 0.05) is 5.41 Å². The van der Waals surface area contributed by atoms with Crippen LogP contribution in [-0.2, 0) is 34.3 Å². The number of carbonyl (C=O) groups excluding carboxylic acids is 2. The molecule has 48 heavy (non-hydrogen) atoms. The first-order valence-corrected chi connectivity index (χ1v) is 17.7. The summed E-state index contributed by atoms with van der Waals surface area (Å²) in [5, 5.41) is 18.9. The molecule has 1 fully saturated rings. The second-order valence-electron chi connectivity index (χ2n) is 14.1. The Bertz CT molecular complexity index is 1510. The van der Waals surface area contributed by atoms with Gasteiger partial charge >= 0.3 is 11.9 Å². The van der Waals surface area contributed by atoms with Gasteiger partial charge in [0.05, 0.1) is 24.2 Å². The highest BCUT2D eigenvalue weighted by Gasteiger charge is 2.39. The van der Waals surface area contributed by atoms with E-state index in [9.17, 15) is 19.8 Å². The van der Waals surface area contributed by atoms with E-state index in [0.717, 1.165) is 56.1 Å². The Morgan fingerprint density at radius 2 is 1.48 bits per heavy atom. The molecule has 0 unspecified atom stereocenters. The van der Waals surface area contributed by atoms with Crippen LogP contribution in [0.1, 0.15) is 107 Å². The Labute approximate surface area is 287 Å². The Morgan fingerprint density at radius 3 is 2.06 bits per heavy atom. The number of esters is 2. The lowest BCUT2D eigenvalue weighted by Crippen LogP contribution is -2.34. The average Bonchev–Trinajstić information content (AvgIpc) is 3.11. The lowest BCUT2D eigenvalue weighted by Gasteiger charge is -2.42. The molecule has 3 aromatic rings. The van der Waals surface area contributed by atoms with Crippen molar-refractivity contribution in [2.45, 2.75) is 104 Å². The zero-order valence-electron chi connectivity index (χ0n) is 29.4. The monoisotopic (exact) mass is 654 g/mol. The molecule has 0 atom stereocenters. The molecule has 1 aliphatic rings. The van der Waals surface area contributed by atoms with Crippen molar-refractivity contribution in [3.63, 3.8) is 0 Å². The highest BCUT2D eigenvalue weighted by atomic mass is 16.5. The highest BCUT2D eigenvalue weighted by molar-refractivity contribution is 5.89. The maximum Gasteiger partial charge on any atom is 0.341 e. The van der Waals surface area contributed by atoms with Gasteiger partial charge in [0.15, 0.2) is 0 Å². The summed E-state index contributed by atoms with van der Waals surface area (Å²) in [5.74, 6) is 0.455. The van der Waals surface area contributed by atoms with Gasteiger partial charge in [-0.05, 0) is 124 Å². The first kappa shape index (κ1) is 37.1. The van der Waals surface area contributed by atoms with Gasteiger partial charge in [-0.1, -0.05) is 81.8 Å². The number of hydrogen-bond donors (Lipinski definition) is 2. The van der Waals surface area contributed by atoms with Gasteiger partial charge in [-0.2, -0.15) is 0 Å². The third-order valence-corrected chi connectivity index (χ3v) is 10.1. The molecule has 6 nitrogen and oxygen atoms in total. The fraction of sp³-hybridized carbons (Fsp3) is 0.476. The van der Waals surface area contributed by atoms with Crippen LogP contribution < -0.4 is 9.47 Å². The van der Waals surface area contributed by atoms with Crippen molar-refractivity contribution in [1.29, 1.82) is 0 Å². The number of aliphatic hydroxyl groups excluding tert-OH is 2. The fourth-order valence-electron chi connectivity index (χ4n) is 6.67. The third kappa shape index (κ3) is 9.24. The molecule has 1 saturated carbocycles. The molecule has 0 radical (unpaired) electrons. The molecular weight excluding hydrogens is 600 g/mol. The molecule has 2 N–H and O–H groups in total. The first-order valence-electron chi connectivity index (χ1n) is 17.7. The van der Waals surface area contributed by atoms with Crippen LogP contribution in [-0.4, -0.2) is 35.4 Å². The fourth-order valence-corrected chi connectivity index (χ4v) is 6.67. The zero-order chi connectivity index (χ0) is 34.7. The second kappa shape index (κ2) is 17.1. The number of hydrogen-bond acceptors (Lipinski definition) is 6. The summed E-state index contributed by atoms with van der Waals surface area (Å²) in [6.07, 6.45) is 12.0. The molecule has 0 spiro atoms. The van der Waals surface area contributed by atoms with E-state index < -0.39 is 24.0 Å². The van der Waals surface area contributed by atoms with E-state index in [0.29, 0.717) is 23.8 Å². The molecule has 0 bridgehead atoms. The largest absolute Gasteiger partial charge is 0.426 e. The van der Waals surface area contributed by atoms with Crippen molar-refractivity contribution < 1.29 is 29.3 Å². The van der Waals surface area contributed by atoms with E-state index in [1.54, 1.807) is 13.8 Å². The molecule has 1 aliphatic carbocycles. The van der Waals surface area contributed by atoms with Crippen LogP contribution in [0.3, 0.4) is 0 Å². The molecule has 0 aliphatic heterocycles. The summed E-state index contributed by atoms with van der Waals surface area (Å²) >= 11 is 0. The third-order valence-electron chi connectivity index (χ3n) is 10.1. The van der Waals surface area contributed by atoms with Gasteiger partial charge in [0.2, 0.25) is 0 Å². The maximum absolute atomic E-state index is 12.6. The summed E-state index contributed by atoms with van der Waals surface area (Å²) in [5.41, 5.74) is 4.85. The number of ether oxygens (including phenoxy) is 2. The van der Waals surface area contributed by atoms with Gasteiger partial charge in [0.1, 0.15) is 11.5 Å². The molecular formula is C42H54O6. The number of benzene rings is 3. The van der Waals surface area contributed by atoms with Crippen molar-refractivity contribution in [3.8, 4) is 11.5 Å². The van der Waals surface area contributed by atoms with Gasteiger partial charge in [0.25, 0.3) is 0 Å². The number of unbranched alkanes of at least 4 members (excludes halogenated alkanes) is 2. The van der Waals surface area contributed by atoms with Crippen LogP contribution in [0.15, 0.2) is 78.9 Å². The summed E-state index contributed by atoms with van der Waals surface area (Å²) in [7, 11) is 0. The van der Waals surface area contributed by atoms with Crippen LogP contribution >= 0.6 is 0 Å². The quantitative estimate of drug-likeness (QED) is 0.0697. The van der Waals surface area contributed by atoms with Crippen LogP contribution in [0.25, 0.3) is 0 Å². The average molecular weight is 655 g/mol. The Kier molecular flexibility index (Phi) is 13.2. The molecule has 0 heterocycles. The van der Waals surface area contributed by atoms with E-state index in [1.807, 2.05) is 25.1 Å². The van der Waals surface area contributed by atoms with Crippen molar-refractivity contribution in [1.82, 2.24) is 0 Å². The van der Waals surface area contributed by atoms with Crippen LogP contribution in [0.4, 0.5) is 0 Å². The highest BCUT2D eigenvalue weighted by Crippen LogP contribution is 2.48. The summed E-state index contributed by atoms with van der Waals surface area (Å²) in [6.45, 7) is 10.5. The lowest BCUT2D eigenvalue weighted by atomic mass is 9.62. The molecule has 3 aromatic carbocycles. The molecule has 258 valence electrons. The molecule has 0 amide bonds. The topological polar surface area (TPSA) is 93.1 Å². The van der Waals surface area contributed by atoms with E-state index >= 15 is 0 Å². The predicted molar refractivity (Wildman–Crippen MR) is 191 cm³/mol. The molecule has 0 aromatic heterocycles. The minimum Gasteiger partial charge on any atom is -0.426 e. The van der Waals surface area contributed by atoms with Gasteiger partial charge < -0.3 is 19.7 Å². The molecule has 4 rings (SSSR count). The van der Waals surface area contributed by atoms with E-state index in [2.05, 4.69) is 62.0 Å². The zero-order valence-corrected chi connectivity index (χ0v) is 29.4. The smallest absolute Gasteiger partial charge is 0.341 e. The number of aliphatic hydroxyl groups is 2. The second-order valence-corrected chi connectivity index (χ2v) is 14.1. The van der Waals surface area contributed by atoms with E-state index in [1.165, 1.54) is 36.0 Å². The maximum atomic E-state index is 12.6. The minimum absolute atomic E-state index is 0.0157. The van der Waals surface area contributed by atoms with E-state index in [4.69, 9.17) is 9.47 Å². The van der Waals surface area contributed by atoms with Crippen molar-refractivity contribution in [3.05, 3.63) is 107 Å². The molecule has 6 heteroatoms. The van der Waals surface area contributed by atoms with Crippen LogP contribution in [0.5, 0.6) is 11.5 Å². The Morgan fingerprint density at radius 1 is 0.854 bits per heavy atom. The van der Waals surface area contributed by atoms with Crippen LogP contribution in [0.2, 0.25) is 0 Å². The first-order chi connectivity index (χ1) is 23.0. The minimum atomic E-state index is -0.986. The van der Waals surface area contributed by atoms with Gasteiger partial charge in [-0.3, -0.25) is 4.79 Å². The van der Waals surface area contributed by atoms with Crippen molar-refractivity contribution >= 4 is 11.9 Å². The van der Waals surface area contributed by atoms with Crippen molar-refractivity contribution in [2.24, 2.45) is 11.3 Å². The van der Waals surface area contributed by atoms with Crippen LogP contribution in [0, 0.1) is 11.3 Å². The SMILES string of the molecule is C=C(CO)C(=O)Oc1ccc(C2(c3ccc(OC(=O)C(C)(C)CO)cc3)CCC(CCc3ccc(CCCCC)cc3)CC2)cc1CC. The summed E-state index contributed by atoms with van der Waals surface area (Å²) in [4.78, 5) is 25.0. The Balaban J connectivity index is 1.55. The molecule has 0 saturated heterocycles. The van der Waals surface area contributed by atoms with Gasteiger partial charge in [-0.25, -0.2) is 4.79 Å². The normalized spacial score (nSPS) is 17.9. The number of rotatable bonds is 16.